The zero-order valence-electron chi connectivity index (χ0n) is 21.6. The lowest BCUT2D eigenvalue weighted by Crippen LogP contribution is -2.33. The fraction of sp³-hybridized carbons (Fsp3) is 0.357. The normalized spacial score (nSPS) is 17.8. The van der Waals surface area contributed by atoms with E-state index in [1.54, 1.807) is 31.0 Å². The van der Waals surface area contributed by atoms with E-state index in [2.05, 4.69) is 15.2 Å². The van der Waals surface area contributed by atoms with Gasteiger partial charge in [-0.1, -0.05) is 24.3 Å². The van der Waals surface area contributed by atoms with Crippen LogP contribution >= 0.6 is 0 Å². The molecule has 2 unspecified atom stereocenters. The summed E-state index contributed by atoms with van der Waals surface area (Å²) in [5.74, 6) is -0.603. The lowest BCUT2D eigenvalue weighted by Gasteiger charge is -2.28. The molecule has 2 aromatic heterocycles. The quantitative estimate of drug-likeness (QED) is 0.298. The van der Waals surface area contributed by atoms with Gasteiger partial charge < -0.3 is 14.4 Å². The van der Waals surface area contributed by atoms with Crippen LogP contribution < -0.4 is 14.4 Å². The predicted octanol–water partition coefficient (Wildman–Crippen LogP) is 5.36. The van der Waals surface area contributed by atoms with Crippen LogP contribution in [-0.2, 0) is 17.9 Å². The Bertz CT molecular complexity index is 1390. The van der Waals surface area contributed by atoms with Crippen molar-refractivity contribution in [2.24, 2.45) is 5.92 Å². The van der Waals surface area contributed by atoms with Gasteiger partial charge in [0.25, 0.3) is 0 Å². The molecule has 1 saturated carbocycles. The molecule has 5 rings (SSSR count). The van der Waals surface area contributed by atoms with E-state index in [1.807, 2.05) is 53.4 Å². The van der Waals surface area contributed by atoms with Gasteiger partial charge in [0.2, 0.25) is 5.65 Å². The van der Waals surface area contributed by atoms with Gasteiger partial charge in [0.15, 0.2) is 5.82 Å². The van der Waals surface area contributed by atoms with E-state index in [1.165, 1.54) is 0 Å². The number of rotatable bonds is 8. The summed E-state index contributed by atoms with van der Waals surface area (Å²) in [5.41, 5.74) is 2.35. The average Bonchev–Trinajstić information content (AvgIpc) is 3.37. The van der Waals surface area contributed by atoms with Crippen LogP contribution in [0.1, 0.15) is 42.1 Å². The Hall–Kier alpha value is -4.15. The van der Waals surface area contributed by atoms with Crippen LogP contribution in [0.4, 0.5) is 19.0 Å². The summed E-state index contributed by atoms with van der Waals surface area (Å²) >= 11 is 0. The second kappa shape index (κ2) is 10.9. The van der Waals surface area contributed by atoms with E-state index in [4.69, 9.17) is 9.47 Å². The number of hydrogen-bond donors (Lipinski definition) is 0. The molecule has 0 spiro atoms. The Kier molecular flexibility index (Phi) is 7.40. The van der Waals surface area contributed by atoms with Gasteiger partial charge in [-0.05, 0) is 48.2 Å². The fourth-order valence-corrected chi connectivity index (χ4v) is 4.97. The minimum Gasteiger partial charge on any atom is -0.497 e. The van der Waals surface area contributed by atoms with Crippen LogP contribution in [0.15, 0.2) is 60.9 Å². The number of fused-ring (bicyclic) bond motifs is 1. The second-order valence-corrected chi connectivity index (χ2v) is 9.59. The maximum atomic E-state index is 13.5. The molecule has 0 bridgehead atoms. The molecule has 2 aromatic carbocycles. The van der Waals surface area contributed by atoms with E-state index >= 15 is 0 Å². The molecule has 39 heavy (non-hydrogen) atoms. The summed E-state index contributed by atoms with van der Waals surface area (Å²) in [6.07, 6.45) is -1.87. The van der Waals surface area contributed by atoms with Crippen molar-refractivity contribution in [2.45, 2.75) is 44.4 Å². The van der Waals surface area contributed by atoms with Gasteiger partial charge >= 0.3 is 6.18 Å². The van der Waals surface area contributed by atoms with Gasteiger partial charge in [0, 0.05) is 31.9 Å². The molecule has 0 N–H and O–H groups in total. The summed E-state index contributed by atoms with van der Waals surface area (Å²) in [6.45, 7) is 0.923. The summed E-state index contributed by atoms with van der Waals surface area (Å²) in [6, 6.07) is 15.3. The van der Waals surface area contributed by atoms with E-state index in [-0.39, 0.29) is 30.9 Å². The zero-order valence-corrected chi connectivity index (χ0v) is 21.6. The van der Waals surface area contributed by atoms with Gasteiger partial charge in [-0.15, -0.1) is 10.2 Å². The molecule has 4 aromatic rings. The van der Waals surface area contributed by atoms with Crippen molar-refractivity contribution < 1.29 is 27.4 Å². The molecule has 1 aliphatic carbocycles. The van der Waals surface area contributed by atoms with Crippen molar-refractivity contribution in [2.75, 3.05) is 19.1 Å². The molecule has 204 valence electrons. The van der Waals surface area contributed by atoms with Crippen molar-refractivity contribution in [1.29, 1.82) is 0 Å². The van der Waals surface area contributed by atoms with E-state index in [9.17, 15) is 18.0 Å². The molecule has 2 atom stereocenters. The number of ketones is 1. The fourth-order valence-electron chi connectivity index (χ4n) is 4.97. The van der Waals surface area contributed by atoms with Gasteiger partial charge in [-0.2, -0.15) is 13.2 Å². The Labute approximate surface area is 223 Å². The number of carbonyl (C=O) groups is 1. The van der Waals surface area contributed by atoms with E-state index in [0.29, 0.717) is 24.6 Å². The van der Waals surface area contributed by atoms with Gasteiger partial charge in [0.05, 0.1) is 26.1 Å². The molecule has 2 heterocycles. The SMILES string of the molecule is COc1ccc(CN(Cc2ccc(OC)cc2)c2nccn3c(C4CC(C(F)(F)F)CCC4=O)nnc23)cc1. The van der Waals surface area contributed by atoms with Crippen molar-refractivity contribution in [3.63, 3.8) is 0 Å². The molecule has 11 heteroatoms. The first-order valence-corrected chi connectivity index (χ1v) is 12.6. The molecular formula is C28H28F3N5O3. The number of methoxy groups -OCH3 is 2. The van der Waals surface area contributed by atoms with Crippen LogP contribution in [0.5, 0.6) is 11.5 Å². The summed E-state index contributed by atoms with van der Waals surface area (Å²) < 4.78 is 52.6. The lowest BCUT2D eigenvalue weighted by atomic mass is 9.79. The molecule has 1 fully saturated rings. The number of halogens is 3. The number of anilines is 1. The van der Waals surface area contributed by atoms with Crippen molar-refractivity contribution in [3.05, 3.63) is 77.9 Å². The van der Waals surface area contributed by atoms with Crippen LogP contribution in [0.2, 0.25) is 0 Å². The van der Waals surface area contributed by atoms with Gasteiger partial charge in [-0.3, -0.25) is 9.20 Å². The van der Waals surface area contributed by atoms with Gasteiger partial charge in [-0.25, -0.2) is 4.98 Å². The Balaban J connectivity index is 1.52. The summed E-state index contributed by atoms with van der Waals surface area (Å²) in [5, 5.41) is 8.52. The maximum absolute atomic E-state index is 13.5. The van der Waals surface area contributed by atoms with Crippen molar-refractivity contribution in [1.82, 2.24) is 19.6 Å². The third-order valence-electron chi connectivity index (χ3n) is 7.12. The summed E-state index contributed by atoms with van der Waals surface area (Å²) in [7, 11) is 3.21. The molecule has 0 aliphatic heterocycles. The van der Waals surface area contributed by atoms with Crippen molar-refractivity contribution >= 4 is 17.2 Å². The highest BCUT2D eigenvalue weighted by molar-refractivity contribution is 5.86. The first kappa shape index (κ1) is 26.5. The standard InChI is InChI=1S/C28H28F3N5O3/c1-38-21-8-3-18(4-9-21)16-35(17-19-5-10-22(39-2)11-6-19)26-27-34-33-25(36(27)14-13-32-26)23-15-20(28(29,30)31)7-12-24(23)37/h3-6,8-11,13-14,20,23H,7,12,15-17H2,1-2H3. The number of nitrogens with zero attached hydrogens (tertiary/aromatic N) is 5. The van der Waals surface area contributed by atoms with Crippen LogP contribution in [0.3, 0.4) is 0 Å². The zero-order chi connectivity index (χ0) is 27.6. The largest absolute Gasteiger partial charge is 0.497 e. The number of benzene rings is 2. The number of ether oxygens (including phenoxy) is 2. The monoisotopic (exact) mass is 539 g/mol. The highest BCUT2D eigenvalue weighted by Gasteiger charge is 2.46. The lowest BCUT2D eigenvalue weighted by molar-refractivity contribution is -0.183. The Morgan fingerprint density at radius 3 is 2.08 bits per heavy atom. The third kappa shape index (κ3) is 5.67. The van der Waals surface area contributed by atoms with Crippen molar-refractivity contribution in [3.8, 4) is 11.5 Å². The predicted molar refractivity (Wildman–Crippen MR) is 138 cm³/mol. The summed E-state index contributed by atoms with van der Waals surface area (Å²) in [4.78, 5) is 19.3. The van der Waals surface area contributed by atoms with Gasteiger partial charge in [0.1, 0.15) is 23.1 Å². The number of hydrogen-bond acceptors (Lipinski definition) is 7. The first-order valence-electron chi connectivity index (χ1n) is 12.6. The molecule has 0 saturated heterocycles. The molecule has 8 nitrogen and oxygen atoms in total. The minimum atomic E-state index is -4.36. The highest BCUT2D eigenvalue weighted by atomic mass is 19.4. The maximum Gasteiger partial charge on any atom is 0.391 e. The smallest absolute Gasteiger partial charge is 0.391 e. The average molecular weight is 540 g/mol. The third-order valence-corrected chi connectivity index (χ3v) is 7.12. The van der Waals surface area contributed by atoms with Crippen LogP contribution in [0, 0.1) is 5.92 Å². The number of aromatic nitrogens is 4. The van der Waals surface area contributed by atoms with E-state index in [0.717, 1.165) is 22.6 Å². The minimum absolute atomic E-state index is 0.136. The van der Waals surface area contributed by atoms with Crippen LogP contribution in [-0.4, -0.2) is 45.8 Å². The second-order valence-electron chi connectivity index (χ2n) is 9.59. The number of alkyl halides is 3. The molecule has 0 radical (unpaired) electrons. The Morgan fingerprint density at radius 2 is 1.54 bits per heavy atom. The number of carbonyl (C=O) groups excluding carboxylic acids is 1. The number of Topliss-reactive ketones (excluding diaryl/α,β-unsaturated/α-hetero) is 1. The topological polar surface area (TPSA) is 81.9 Å². The molecular weight excluding hydrogens is 511 g/mol. The molecule has 1 aliphatic rings. The highest BCUT2D eigenvalue weighted by Crippen LogP contribution is 2.42. The Morgan fingerprint density at radius 1 is 0.949 bits per heavy atom. The first-order chi connectivity index (χ1) is 18.8. The molecule has 0 amide bonds. The van der Waals surface area contributed by atoms with Crippen LogP contribution in [0.25, 0.3) is 5.65 Å². The van der Waals surface area contributed by atoms with E-state index < -0.39 is 18.0 Å².